The molecule has 1 aliphatic rings. The number of carbonyl (C=O) groups excluding carboxylic acids is 1. The molecule has 1 atom stereocenters. The number of amides is 1. The van der Waals surface area contributed by atoms with E-state index in [4.69, 9.17) is 10.5 Å². The number of hydrogen-bond donors (Lipinski definition) is 1. The highest BCUT2D eigenvalue weighted by Crippen LogP contribution is 2.20. The molecule has 1 saturated heterocycles. The largest absolute Gasteiger partial charge is 0.383 e. The van der Waals surface area contributed by atoms with E-state index in [0.29, 0.717) is 13.2 Å². The second-order valence-corrected chi connectivity index (χ2v) is 5.58. The quantitative estimate of drug-likeness (QED) is 0.926. The Morgan fingerprint density at radius 3 is 3.00 bits per heavy atom. The molecule has 1 aromatic heterocycles. The van der Waals surface area contributed by atoms with Crippen LogP contribution in [0.15, 0.2) is 30.5 Å². The van der Waals surface area contributed by atoms with Crippen molar-refractivity contribution in [2.24, 2.45) is 5.73 Å². The SMILES string of the molecule is COCCn1ccc2cc(C(=O)N3CC[C@H](N)C3)ccc21. The Bertz CT molecular complexity index is 650. The molecule has 2 aromatic rings. The van der Waals surface area contributed by atoms with Gasteiger partial charge >= 0.3 is 0 Å². The molecule has 0 unspecified atom stereocenters. The normalized spacial score (nSPS) is 18.6. The van der Waals surface area contributed by atoms with E-state index in [2.05, 4.69) is 4.57 Å². The molecule has 0 aliphatic carbocycles. The minimum Gasteiger partial charge on any atom is -0.383 e. The number of carbonyl (C=O) groups is 1. The maximum absolute atomic E-state index is 12.5. The summed E-state index contributed by atoms with van der Waals surface area (Å²) in [7, 11) is 1.70. The van der Waals surface area contributed by atoms with Gasteiger partial charge in [-0.15, -0.1) is 0 Å². The molecule has 1 amide bonds. The van der Waals surface area contributed by atoms with Gasteiger partial charge in [0.25, 0.3) is 5.91 Å². The lowest BCUT2D eigenvalue weighted by Gasteiger charge is -2.16. The van der Waals surface area contributed by atoms with Crippen LogP contribution in [0.25, 0.3) is 10.9 Å². The minimum atomic E-state index is 0.0782. The van der Waals surface area contributed by atoms with Crippen LogP contribution in [0.4, 0.5) is 0 Å². The zero-order valence-electron chi connectivity index (χ0n) is 12.3. The van der Waals surface area contributed by atoms with Crippen LogP contribution in [0.5, 0.6) is 0 Å². The van der Waals surface area contributed by atoms with Crippen LogP contribution in [0, 0.1) is 0 Å². The third-order valence-electron chi connectivity index (χ3n) is 4.07. The van der Waals surface area contributed by atoms with Gasteiger partial charge in [-0.1, -0.05) is 0 Å². The Labute approximate surface area is 124 Å². The second kappa shape index (κ2) is 5.87. The van der Waals surface area contributed by atoms with Gasteiger partial charge in [0.15, 0.2) is 0 Å². The predicted octanol–water partition coefficient (Wildman–Crippen LogP) is 1.46. The van der Waals surface area contributed by atoms with Gasteiger partial charge in [0.1, 0.15) is 0 Å². The van der Waals surface area contributed by atoms with Gasteiger partial charge in [-0.05, 0) is 30.7 Å². The van der Waals surface area contributed by atoms with E-state index in [9.17, 15) is 4.79 Å². The van der Waals surface area contributed by atoms with Gasteiger partial charge in [-0.3, -0.25) is 4.79 Å². The van der Waals surface area contributed by atoms with E-state index in [1.54, 1.807) is 7.11 Å². The van der Waals surface area contributed by atoms with Crippen LogP contribution in [0.1, 0.15) is 16.8 Å². The number of nitrogens with zero attached hydrogens (tertiary/aromatic N) is 2. The van der Waals surface area contributed by atoms with Crippen LogP contribution < -0.4 is 5.73 Å². The van der Waals surface area contributed by atoms with Gasteiger partial charge in [0.05, 0.1) is 6.61 Å². The fourth-order valence-corrected chi connectivity index (χ4v) is 2.87. The van der Waals surface area contributed by atoms with Gasteiger partial charge in [0, 0.05) is 55.4 Å². The van der Waals surface area contributed by atoms with E-state index < -0.39 is 0 Å². The Morgan fingerprint density at radius 1 is 1.43 bits per heavy atom. The molecule has 1 aromatic carbocycles. The molecule has 0 radical (unpaired) electrons. The molecule has 21 heavy (non-hydrogen) atoms. The summed E-state index contributed by atoms with van der Waals surface area (Å²) in [5.74, 6) is 0.0782. The highest BCUT2D eigenvalue weighted by Gasteiger charge is 2.24. The summed E-state index contributed by atoms with van der Waals surface area (Å²) in [6.45, 7) is 2.91. The molecule has 2 N–H and O–H groups in total. The van der Waals surface area contributed by atoms with Crippen molar-refractivity contribution >= 4 is 16.8 Å². The summed E-state index contributed by atoms with van der Waals surface area (Å²) in [5.41, 5.74) is 7.74. The number of nitrogens with two attached hydrogens (primary N) is 1. The van der Waals surface area contributed by atoms with Gasteiger partial charge in [0.2, 0.25) is 0 Å². The topological polar surface area (TPSA) is 60.5 Å². The molecule has 3 rings (SSSR count). The fraction of sp³-hybridized carbons (Fsp3) is 0.438. The van der Waals surface area contributed by atoms with Gasteiger partial charge in [-0.2, -0.15) is 0 Å². The Balaban J connectivity index is 1.83. The summed E-state index contributed by atoms with van der Waals surface area (Å²) < 4.78 is 7.25. The number of rotatable bonds is 4. The summed E-state index contributed by atoms with van der Waals surface area (Å²) in [6, 6.07) is 8.03. The minimum absolute atomic E-state index is 0.0782. The molecule has 0 bridgehead atoms. The number of hydrogen-bond acceptors (Lipinski definition) is 3. The van der Waals surface area contributed by atoms with Crippen molar-refractivity contribution in [3.8, 4) is 0 Å². The average molecular weight is 287 g/mol. The Morgan fingerprint density at radius 2 is 2.29 bits per heavy atom. The first kappa shape index (κ1) is 14.1. The van der Waals surface area contributed by atoms with E-state index >= 15 is 0 Å². The van der Waals surface area contributed by atoms with Gasteiger partial charge in [-0.25, -0.2) is 0 Å². The smallest absolute Gasteiger partial charge is 0.253 e. The first-order valence-corrected chi connectivity index (χ1v) is 7.32. The number of likely N-dealkylation sites (tertiary alicyclic amines) is 1. The van der Waals surface area contributed by atoms with Gasteiger partial charge < -0.3 is 19.9 Å². The van der Waals surface area contributed by atoms with Crippen LogP contribution in [0.2, 0.25) is 0 Å². The van der Waals surface area contributed by atoms with Crippen molar-refractivity contribution in [2.75, 3.05) is 26.8 Å². The maximum atomic E-state index is 12.5. The zero-order valence-corrected chi connectivity index (χ0v) is 12.3. The average Bonchev–Trinajstić information content (AvgIpc) is 3.10. The standard InChI is InChI=1S/C16H21N3O2/c1-21-9-8-18-6-4-12-10-13(2-3-15(12)18)16(20)19-7-5-14(17)11-19/h2-4,6,10,14H,5,7-9,11,17H2,1H3/t14-/m0/s1. The lowest BCUT2D eigenvalue weighted by molar-refractivity contribution is 0.0791. The predicted molar refractivity (Wildman–Crippen MR) is 82.3 cm³/mol. The number of ether oxygens (including phenoxy) is 1. The third-order valence-corrected chi connectivity index (χ3v) is 4.07. The Hall–Kier alpha value is -1.85. The lowest BCUT2D eigenvalue weighted by atomic mass is 10.1. The molecule has 0 spiro atoms. The summed E-state index contributed by atoms with van der Waals surface area (Å²) in [4.78, 5) is 14.3. The summed E-state index contributed by atoms with van der Waals surface area (Å²) in [6.07, 6.45) is 2.92. The first-order chi connectivity index (χ1) is 10.2. The van der Waals surface area contributed by atoms with Crippen LogP contribution in [0.3, 0.4) is 0 Å². The van der Waals surface area contributed by atoms with Crippen LogP contribution >= 0.6 is 0 Å². The second-order valence-electron chi connectivity index (χ2n) is 5.58. The van der Waals surface area contributed by atoms with Crippen molar-refractivity contribution in [1.82, 2.24) is 9.47 Å². The Kier molecular flexibility index (Phi) is 3.94. The van der Waals surface area contributed by atoms with Crippen molar-refractivity contribution in [3.63, 3.8) is 0 Å². The number of aromatic nitrogens is 1. The molecular weight excluding hydrogens is 266 g/mol. The van der Waals surface area contributed by atoms with E-state index in [-0.39, 0.29) is 11.9 Å². The molecule has 1 aliphatic heterocycles. The van der Waals surface area contributed by atoms with Crippen molar-refractivity contribution in [3.05, 3.63) is 36.0 Å². The molecule has 1 fully saturated rings. The third kappa shape index (κ3) is 2.80. The molecule has 0 saturated carbocycles. The number of fused-ring (bicyclic) bond motifs is 1. The molecule has 5 heteroatoms. The first-order valence-electron chi connectivity index (χ1n) is 7.32. The monoisotopic (exact) mass is 287 g/mol. The lowest BCUT2D eigenvalue weighted by Crippen LogP contribution is -2.31. The van der Waals surface area contributed by atoms with Crippen molar-refractivity contribution < 1.29 is 9.53 Å². The van der Waals surface area contributed by atoms with Crippen molar-refractivity contribution in [2.45, 2.75) is 19.0 Å². The number of methoxy groups -OCH3 is 1. The molecule has 2 heterocycles. The zero-order chi connectivity index (χ0) is 14.8. The van der Waals surface area contributed by atoms with E-state index in [1.807, 2.05) is 35.4 Å². The van der Waals surface area contributed by atoms with Crippen LogP contribution in [-0.2, 0) is 11.3 Å². The molecular formula is C16H21N3O2. The highest BCUT2D eigenvalue weighted by atomic mass is 16.5. The van der Waals surface area contributed by atoms with E-state index in [0.717, 1.165) is 36.0 Å². The maximum Gasteiger partial charge on any atom is 0.253 e. The van der Waals surface area contributed by atoms with E-state index in [1.165, 1.54) is 0 Å². The summed E-state index contributed by atoms with van der Waals surface area (Å²) in [5, 5.41) is 1.08. The molecule has 5 nitrogen and oxygen atoms in total. The number of benzene rings is 1. The highest BCUT2D eigenvalue weighted by molar-refractivity contribution is 5.98. The molecule has 112 valence electrons. The van der Waals surface area contributed by atoms with Crippen LogP contribution in [-0.4, -0.2) is 48.2 Å². The van der Waals surface area contributed by atoms with Crippen molar-refractivity contribution in [1.29, 1.82) is 0 Å². The fourth-order valence-electron chi connectivity index (χ4n) is 2.87. The summed E-state index contributed by atoms with van der Waals surface area (Å²) >= 11 is 0.